The van der Waals surface area contributed by atoms with Gasteiger partial charge in [0, 0.05) is 13.1 Å². The topological polar surface area (TPSA) is 49.4 Å². The first-order chi connectivity index (χ1) is 11.1. The molecule has 0 saturated carbocycles. The molecule has 1 unspecified atom stereocenters. The molecule has 1 heterocycles. The van der Waals surface area contributed by atoms with E-state index in [-0.39, 0.29) is 24.1 Å². The molecule has 1 aliphatic rings. The first-order valence-corrected chi connectivity index (χ1v) is 7.52. The lowest BCUT2D eigenvalue weighted by molar-refractivity contribution is -0.143. The van der Waals surface area contributed by atoms with Gasteiger partial charge in [-0.15, -0.1) is 0 Å². The first-order valence-electron chi connectivity index (χ1n) is 7.52. The number of carbonyl (C=O) groups is 2. The predicted molar refractivity (Wildman–Crippen MR) is 84.0 cm³/mol. The van der Waals surface area contributed by atoms with Crippen LogP contribution in [-0.2, 0) is 16.0 Å². The summed E-state index contributed by atoms with van der Waals surface area (Å²) in [6, 6.07) is 14.4. The van der Waals surface area contributed by atoms with E-state index in [4.69, 9.17) is 0 Å². The van der Waals surface area contributed by atoms with Crippen LogP contribution >= 0.6 is 0 Å². The molecular weight excluding hydrogens is 295 g/mol. The van der Waals surface area contributed by atoms with Crippen molar-refractivity contribution in [3.8, 4) is 0 Å². The molecule has 5 heteroatoms. The monoisotopic (exact) mass is 312 g/mol. The number of carbonyl (C=O) groups excluding carboxylic acids is 2. The smallest absolute Gasteiger partial charge is 0.247 e. The van der Waals surface area contributed by atoms with Crippen molar-refractivity contribution in [2.24, 2.45) is 0 Å². The number of hydrogen-bond donors (Lipinski definition) is 1. The fourth-order valence-electron chi connectivity index (χ4n) is 2.78. The summed E-state index contributed by atoms with van der Waals surface area (Å²) < 4.78 is 13.1. The summed E-state index contributed by atoms with van der Waals surface area (Å²) in [6.45, 7) is 0.872. The average molecular weight is 312 g/mol. The van der Waals surface area contributed by atoms with Crippen molar-refractivity contribution in [2.45, 2.75) is 12.5 Å². The van der Waals surface area contributed by atoms with Gasteiger partial charge < -0.3 is 10.2 Å². The van der Waals surface area contributed by atoms with E-state index >= 15 is 0 Å². The molecule has 1 fully saturated rings. The Bertz CT molecular complexity index is 701. The summed E-state index contributed by atoms with van der Waals surface area (Å²) in [4.78, 5) is 26.5. The second-order valence-corrected chi connectivity index (χ2v) is 5.49. The van der Waals surface area contributed by atoms with Gasteiger partial charge in [-0.25, -0.2) is 4.39 Å². The molecule has 2 amide bonds. The van der Waals surface area contributed by atoms with E-state index in [0.717, 1.165) is 5.56 Å². The second-order valence-electron chi connectivity index (χ2n) is 5.49. The second kappa shape index (κ2) is 6.60. The van der Waals surface area contributed by atoms with E-state index in [9.17, 15) is 14.0 Å². The highest BCUT2D eigenvalue weighted by Crippen LogP contribution is 2.24. The Balaban J connectivity index is 1.84. The lowest BCUT2D eigenvalue weighted by atomic mass is 10.0. The van der Waals surface area contributed by atoms with Crippen LogP contribution in [0.1, 0.15) is 17.2 Å². The SMILES string of the molecule is O=C1NCCN(C(=O)Cc2ccccc2)C1c1ccc(F)cc1. The van der Waals surface area contributed by atoms with Gasteiger partial charge in [-0.1, -0.05) is 42.5 Å². The van der Waals surface area contributed by atoms with Crippen LogP contribution in [0.25, 0.3) is 0 Å². The number of nitrogens with one attached hydrogen (secondary N) is 1. The molecule has 0 radical (unpaired) electrons. The molecule has 23 heavy (non-hydrogen) atoms. The van der Waals surface area contributed by atoms with Crippen LogP contribution < -0.4 is 5.32 Å². The number of rotatable bonds is 3. The predicted octanol–water partition coefficient (Wildman–Crippen LogP) is 2.07. The van der Waals surface area contributed by atoms with Crippen LogP contribution in [0, 0.1) is 5.82 Å². The summed E-state index contributed by atoms with van der Waals surface area (Å²) in [5, 5.41) is 2.77. The van der Waals surface area contributed by atoms with Gasteiger partial charge in [-0.05, 0) is 23.3 Å². The van der Waals surface area contributed by atoms with E-state index < -0.39 is 6.04 Å². The van der Waals surface area contributed by atoms with Crippen molar-refractivity contribution >= 4 is 11.8 Å². The minimum atomic E-state index is -0.708. The van der Waals surface area contributed by atoms with Crippen molar-refractivity contribution in [3.05, 3.63) is 71.5 Å². The molecule has 1 atom stereocenters. The molecule has 2 aromatic carbocycles. The summed E-state index contributed by atoms with van der Waals surface area (Å²) >= 11 is 0. The molecule has 1 saturated heterocycles. The van der Waals surface area contributed by atoms with E-state index in [1.807, 2.05) is 30.3 Å². The van der Waals surface area contributed by atoms with Crippen LogP contribution in [0.4, 0.5) is 4.39 Å². The molecule has 118 valence electrons. The van der Waals surface area contributed by atoms with Crippen molar-refractivity contribution < 1.29 is 14.0 Å². The Morgan fingerprint density at radius 2 is 1.83 bits per heavy atom. The summed E-state index contributed by atoms with van der Waals surface area (Å²) in [6.07, 6.45) is 0.242. The number of nitrogens with zero attached hydrogens (tertiary/aromatic N) is 1. The Kier molecular flexibility index (Phi) is 4.37. The zero-order valence-corrected chi connectivity index (χ0v) is 12.5. The fourth-order valence-corrected chi connectivity index (χ4v) is 2.78. The van der Waals surface area contributed by atoms with Crippen molar-refractivity contribution in [3.63, 3.8) is 0 Å². The Hall–Kier alpha value is -2.69. The number of benzene rings is 2. The fraction of sp³-hybridized carbons (Fsp3) is 0.222. The molecule has 4 nitrogen and oxygen atoms in total. The van der Waals surface area contributed by atoms with Crippen LogP contribution in [0.2, 0.25) is 0 Å². The molecule has 1 N–H and O–H groups in total. The molecule has 0 bridgehead atoms. The molecule has 2 aromatic rings. The van der Waals surface area contributed by atoms with Gasteiger partial charge in [-0.2, -0.15) is 0 Å². The van der Waals surface area contributed by atoms with Crippen LogP contribution in [-0.4, -0.2) is 29.8 Å². The first kappa shape index (κ1) is 15.2. The van der Waals surface area contributed by atoms with Gasteiger partial charge >= 0.3 is 0 Å². The maximum atomic E-state index is 13.1. The molecule has 0 aromatic heterocycles. The maximum absolute atomic E-state index is 13.1. The maximum Gasteiger partial charge on any atom is 0.247 e. The number of amides is 2. The average Bonchev–Trinajstić information content (AvgIpc) is 2.56. The minimum absolute atomic E-state index is 0.111. The molecule has 0 aliphatic carbocycles. The van der Waals surface area contributed by atoms with Crippen LogP contribution in [0.15, 0.2) is 54.6 Å². The number of piperazine rings is 1. The third kappa shape index (κ3) is 3.39. The van der Waals surface area contributed by atoms with Crippen LogP contribution in [0.3, 0.4) is 0 Å². The van der Waals surface area contributed by atoms with E-state index in [2.05, 4.69) is 5.32 Å². The van der Waals surface area contributed by atoms with Crippen LogP contribution in [0.5, 0.6) is 0 Å². The van der Waals surface area contributed by atoms with Crippen molar-refractivity contribution in [1.82, 2.24) is 10.2 Å². The number of halogens is 1. The lowest BCUT2D eigenvalue weighted by Gasteiger charge is -2.35. The zero-order valence-electron chi connectivity index (χ0n) is 12.5. The van der Waals surface area contributed by atoms with Gasteiger partial charge in [0.15, 0.2) is 0 Å². The summed E-state index contributed by atoms with van der Waals surface area (Å²) in [5.41, 5.74) is 1.52. The van der Waals surface area contributed by atoms with Gasteiger partial charge in [0.2, 0.25) is 11.8 Å². The quantitative estimate of drug-likeness (QED) is 0.943. The molecular formula is C18H17FN2O2. The van der Waals surface area contributed by atoms with E-state index in [1.54, 1.807) is 17.0 Å². The number of hydrogen-bond acceptors (Lipinski definition) is 2. The highest BCUT2D eigenvalue weighted by atomic mass is 19.1. The van der Waals surface area contributed by atoms with Crippen molar-refractivity contribution in [2.75, 3.05) is 13.1 Å². The Labute approximate surface area is 133 Å². The minimum Gasteiger partial charge on any atom is -0.352 e. The van der Waals surface area contributed by atoms with Gasteiger partial charge in [-0.3, -0.25) is 9.59 Å². The summed E-state index contributed by atoms with van der Waals surface area (Å²) in [7, 11) is 0. The van der Waals surface area contributed by atoms with E-state index in [0.29, 0.717) is 18.7 Å². The van der Waals surface area contributed by atoms with Crippen molar-refractivity contribution in [1.29, 1.82) is 0 Å². The Morgan fingerprint density at radius 3 is 2.52 bits per heavy atom. The summed E-state index contributed by atoms with van der Waals surface area (Å²) in [5.74, 6) is -0.711. The molecule has 1 aliphatic heterocycles. The standard InChI is InChI=1S/C18H17FN2O2/c19-15-8-6-14(7-9-15)17-18(23)20-10-11-21(17)16(22)12-13-4-2-1-3-5-13/h1-9,17H,10-12H2,(H,20,23). The molecule has 0 spiro atoms. The van der Waals surface area contributed by atoms with Gasteiger partial charge in [0.1, 0.15) is 11.9 Å². The normalized spacial score (nSPS) is 17.7. The molecule has 3 rings (SSSR count). The highest BCUT2D eigenvalue weighted by molar-refractivity contribution is 5.90. The third-order valence-corrected chi connectivity index (χ3v) is 3.92. The van der Waals surface area contributed by atoms with Gasteiger partial charge in [0.05, 0.1) is 6.42 Å². The zero-order chi connectivity index (χ0) is 16.2. The largest absolute Gasteiger partial charge is 0.352 e. The lowest BCUT2D eigenvalue weighted by Crippen LogP contribution is -2.52. The van der Waals surface area contributed by atoms with E-state index in [1.165, 1.54) is 12.1 Å². The van der Waals surface area contributed by atoms with Gasteiger partial charge in [0.25, 0.3) is 0 Å². The third-order valence-electron chi connectivity index (χ3n) is 3.92. The highest BCUT2D eigenvalue weighted by Gasteiger charge is 2.34. The Morgan fingerprint density at radius 1 is 1.13 bits per heavy atom.